The average molecular weight is 351 g/mol. The Kier molecular flexibility index (Phi) is 4.26. The van der Waals surface area contributed by atoms with Gasteiger partial charge < -0.3 is 9.47 Å². The van der Waals surface area contributed by atoms with Crippen molar-refractivity contribution in [2.45, 2.75) is 52.1 Å². The van der Waals surface area contributed by atoms with E-state index in [2.05, 4.69) is 39.7 Å². The van der Waals surface area contributed by atoms with Crippen LogP contribution in [-0.4, -0.2) is 43.1 Å². The molecule has 1 N–H and O–H groups in total. The van der Waals surface area contributed by atoms with Gasteiger partial charge in [0, 0.05) is 18.8 Å². The van der Waals surface area contributed by atoms with Gasteiger partial charge in [0.2, 0.25) is 0 Å². The summed E-state index contributed by atoms with van der Waals surface area (Å²) in [6.45, 7) is 7.78. The lowest BCUT2D eigenvalue weighted by atomic mass is 10.1. The molecule has 3 heterocycles. The minimum atomic E-state index is 0.0257. The van der Waals surface area contributed by atoms with E-state index >= 15 is 0 Å². The molecule has 6 nitrogen and oxygen atoms in total. The molecule has 1 aromatic carbocycles. The van der Waals surface area contributed by atoms with Crippen molar-refractivity contribution in [3.8, 4) is 0 Å². The van der Waals surface area contributed by atoms with Crippen LogP contribution in [0.5, 0.6) is 0 Å². The van der Waals surface area contributed by atoms with Crippen LogP contribution in [0.2, 0.25) is 0 Å². The van der Waals surface area contributed by atoms with E-state index in [1.807, 2.05) is 36.1 Å². The number of fused-ring (bicyclic) bond motifs is 1. The highest BCUT2D eigenvalue weighted by molar-refractivity contribution is 5.92. The number of rotatable bonds is 4. The van der Waals surface area contributed by atoms with Crippen molar-refractivity contribution in [2.24, 2.45) is 0 Å². The number of para-hydroxylation sites is 2. The van der Waals surface area contributed by atoms with E-state index in [9.17, 15) is 4.79 Å². The summed E-state index contributed by atoms with van der Waals surface area (Å²) in [6.07, 6.45) is 2.04. The second kappa shape index (κ2) is 6.59. The van der Waals surface area contributed by atoms with Crippen LogP contribution in [0.1, 0.15) is 54.6 Å². The van der Waals surface area contributed by atoms with Crippen LogP contribution < -0.4 is 0 Å². The van der Waals surface area contributed by atoms with E-state index < -0.39 is 0 Å². The van der Waals surface area contributed by atoms with E-state index in [-0.39, 0.29) is 11.9 Å². The minimum absolute atomic E-state index is 0.0257. The van der Waals surface area contributed by atoms with Crippen LogP contribution in [0, 0.1) is 6.92 Å². The first-order chi connectivity index (χ1) is 12.5. The first-order valence-electron chi connectivity index (χ1n) is 9.32. The van der Waals surface area contributed by atoms with Gasteiger partial charge in [0.1, 0.15) is 11.5 Å². The van der Waals surface area contributed by atoms with Gasteiger partial charge in [-0.25, -0.2) is 4.98 Å². The number of carbonyl (C=O) groups is 1. The van der Waals surface area contributed by atoms with Gasteiger partial charge in [-0.2, -0.15) is 5.10 Å². The summed E-state index contributed by atoms with van der Waals surface area (Å²) in [6, 6.07) is 10.2. The monoisotopic (exact) mass is 351 g/mol. The third-order valence-corrected chi connectivity index (χ3v) is 5.32. The lowest BCUT2D eigenvalue weighted by Crippen LogP contribution is -2.38. The third kappa shape index (κ3) is 2.89. The zero-order valence-electron chi connectivity index (χ0n) is 15.6. The highest BCUT2D eigenvalue weighted by atomic mass is 16.2. The van der Waals surface area contributed by atoms with Crippen molar-refractivity contribution in [2.75, 3.05) is 6.54 Å². The van der Waals surface area contributed by atoms with Gasteiger partial charge in [-0.05, 0) is 43.9 Å². The van der Waals surface area contributed by atoms with Crippen LogP contribution in [0.25, 0.3) is 11.0 Å². The standard InChI is InChI=1S/C20H25N5O/c1-13(2)17-11-18(23-22-17)20(26)24-10-6-7-15(24)12-25-14(3)21-16-8-4-5-9-19(16)25/h4-5,8-9,11,13,15H,6-7,10,12H2,1-3H3,(H,22,23)/t15-/m0/s1. The smallest absolute Gasteiger partial charge is 0.274 e. The first kappa shape index (κ1) is 16.8. The van der Waals surface area contributed by atoms with Crippen molar-refractivity contribution >= 4 is 16.9 Å². The van der Waals surface area contributed by atoms with Gasteiger partial charge in [-0.3, -0.25) is 9.89 Å². The van der Waals surface area contributed by atoms with Crippen LogP contribution >= 0.6 is 0 Å². The number of H-pyrrole nitrogens is 1. The molecule has 6 heteroatoms. The molecule has 1 atom stereocenters. The largest absolute Gasteiger partial charge is 0.332 e. The van der Waals surface area contributed by atoms with Crippen molar-refractivity contribution in [1.82, 2.24) is 24.6 Å². The average Bonchev–Trinajstić information content (AvgIpc) is 3.34. The summed E-state index contributed by atoms with van der Waals surface area (Å²) in [5.41, 5.74) is 3.66. The number of benzene rings is 1. The van der Waals surface area contributed by atoms with Crippen LogP contribution in [-0.2, 0) is 6.54 Å². The number of aromatic nitrogens is 4. The van der Waals surface area contributed by atoms with Crippen LogP contribution in [0.4, 0.5) is 0 Å². The number of amides is 1. The van der Waals surface area contributed by atoms with Crippen molar-refractivity contribution in [1.29, 1.82) is 0 Å². The molecule has 136 valence electrons. The van der Waals surface area contributed by atoms with Gasteiger partial charge >= 0.3 is 0 Å². The normalized spacial score (nSPS) is 17.5. The Hall–Kier alpha value is -2.63. The summed E-state index contributed by atoms with van der Waals surface area (Å²) in [5, 5.41) is 7.24. The van der Waals surface area contributed by atoms with Crippen LogP contribution in [0.3, 0.4) is 0 Å². The summed E-state index contributed by atoms with van der Waals surface area (Å²) < 4.78 is 2.23. The first-order valence-corrected chi connectivity index (χ1v) is 9.32. The van der Waals surface area contributed by atoms with Gasteiger partial charge in [0.05, 0.1) is 17.1 Å². The number of likely N-dealkylation sites (tertiary alicyclic amines) is 1. The van der Waals surface area contributed by atoms with Gasteiger partial charge in [-0.1, -0.05) is 26.0 Å². The zero-order valence-corrected chi connectivity index (χ0v) is 15.6. The predicted octanol–water partition coefficient (Wildman–Crippen LogP) is 3.50. The van der Waals surface area contributed by atoms with E-state index in [4.69, 9.17) is 0 Å². The van der Waals surface area contributed by atoms with E-state index in [1.165, 1.54) is 0 Å². The van der Waals surface area contributed by atoms with Crippen molar-refractivity contribution in [3.05, 3.63) is 47.5 Å². The molecule has 1 amide bonds. The molecule has 0 aliphatic carbocycles. The highest BCUT2D eigenvalue weighted by Crippen LogP contribution is 2.25. The second-order valence-corrected chi connectivity index (χ2v) is 7.42. The molecule has 26 heavy (non-hydrogen) atoms. The Morgan fingerprint density at radius 2 is 2.15 bits per heavy atom. The molecule has 0 unspecified atom stereocenters. The fourth-order valence-corrected chi connectivity index (χ4v) is 3.82. The number of aryl methyl sites for hydroxylation is 1. The fraction of sp³-hybridized carbons (Fsp3) is 0.450. The molecule has 0 radical (unpaired) electrons. The zero-order chi connectivity index (χ0) is 18.3. The summed E-state index contributed by atoms with van der Waals surface area (Å²) in [7, 11) is 0. The number of hydrogen-bond acceptors (Lipinski definition) is 3. The predicted molar refractivity (Wildman–Crippen MR) is 101 cm³/mol. The van der Waals surface area contributed by atoms with Gasteiger partial charge in [0.25, 0.3) is 5.91 Å². The topological polar surface area (TPSA) is 66.8 Å². The maximum atomic E-state index is 13.0. The fourth-order valence-electron chi connectivity index (χ4n) is 3.82. The lowest BCUT2D eigenvalue weighted by Gasteiger charge is -2.25. The van der Waals surface area contributed by atoms with Crippen molar-refractivity contribution in [3.63, 3.8) is 0 Å². The summed E-state index contributed by atoms with van der Waals surface area (Å²) >= 11 is 0. The highest BCUT2D eigenvalue weighted by Gasteiger charge is 2.31. The van der Waals surface area contributed by atoms with E-state index in [0.717, 1.165) is 48.5 Å². The number of imidazole rings is 1. The Labute approximate surface area is 153 Å². The van der Waals surface area contributed by atoms with Gasteiger partial charge in [0.15, 0.2) is 0 Å². The number of nitrogens with zero attached hydrogens (tertiary/aromatic N) is 4. The Bertz CT molecular complexity index is 939. The minimum Gasteiger partial charge on any atom is -0.332 e. The molecular weight excluding hydrogens is 326 g/mol. The van der Waals surface area contributed by atoms with E-state index in [1.54, 1.807) is 0 Å². The van der Waals surface area contributed by atoms with Crippen LogP contribution in [0.15, 0.2) is 30.3 Å². The Morgan fingerprint density at radius 3 is 2.92 bits per heavy atom. The molecule has 0 bridgehead atoms. The Balaban J connectivity index is 1.58. The quantitative estimate of drug-likeness (QED) is 0.782. The molecule has 0 saturated carbocycles. The third-order valence-electron chi connectivity index (χ3n) is 5.32. The molecule has 1 saturated heterocycles. The number of nitrogens with one attached hydrogen (secondary N) is 1. The molecule has 0 spiro atoms. The molecular formula is C20H25N5O. The van der Waals surface area contributed by atoms with E-state index in [0.29, 0.717) is 11.6 Å². The number of hydrogen-bond donors (Lipinski definition) is 1. The molecule has 1 aliphatic rings. The molecule has 1 fully saturated rings. The molecule has 3 aromatic rings. The molecule has 1 aliphatic heterocycles. The Morgan fingerprint density at radius 1 is 1.35 bits per heavy atom. The maximum Gasteiger partial charge on any atom is 0.274 e. The summed E-state index contributed by atoms with van der Waals surface area (Å²) in [5.74, 6) is 1.35. The SMILES string of the molecule is Cc1nc2ccccc2n1C[C@@H]1CCCN1C(=O)c1cc(C(C)C)[nH]n1. The maximum absolute atomic E-state index is 13.0. The number of aromatic amines is 1. The second-order valence-electron chi connectivity index (χ2n) is 7.42. The van der Waals surface area contributed by atoms with Gasteiger partial charge in [-0.15, -0.1) is 0 Å². The van der Waals surface area contributed by atoms with Crippen molar-refractivity contribution < 1.29 is 4.79 Å². The molecule has 2 aromatic heterocycles. The molecule has 4 rings (SSSR count). The number of carbonyl (C=O) groups excluding carboxylic acids is 1. The summed E-state index contributed by atoms with van der Waals surface area (Å²) in [4.78, 5) is 19.6. The lowest BCUT2D eigenvalue weighted by molar-refractivity contribution is 0.0718.